The molecule has 0 spiro atoms. The van der Waals surface area contributed by atoms with Crippen molar-refractivity contribution >= 4 is 31.6 Å². The summed E-state index contributed by atoms with van der Waals surface area (Å²) in [5.41, 5.74) is 5.25. The van der Waals surface area contributed by atoms with E-state index in [0.717, 1.165) is 25.0 Å². The fraction of sp³-hybridized carbons (Fsp3) is 0.385. The summed E-state index contributed by atoms with van der Waals surface area (Å²) in [5, 5.41) is 0. The molecule has 0 heterocycles. The number of halogens is 2. The van der Waals surface area contributed by atoms with Crippen LogP contribution in [0.5, 0.6) is 0 Å². The van der Waals surface area contributed by atoms with Crippen LogP contribution in [0.2, 0.25) is 0 Å². The van der Waals surface area contributed by atoms with Crippen LogP contribution in [0.3, 0.4) is 0 Å². The molecule has 1 aliphatic rings. The summed E-state index contributed by atoms with van der Waals surface area (Å²) < 4.78 is 39.9. The van der Waals surface area contributed by atoms with Gasteiger partial charge in [0.15, 0.2) is 0 Å². The van der Waals surface area contributed by atoms with Crippen LogP contribution < -0.4 is 5.73 Å². The maximum absolute atomic E-state index is 13.3. The molecule has 1 saturated carbocycles. The van der Waals surface area contributed by atoms with Gasteiger partial charge in [-0.25, -0.2) is 12.8 Å². The third-order valence-electron chi connectivity index (χ3n) is 3.10. The second-order valence-electron chi connectivity index (χ2n) is 4.75. The zero-order valence-corrected chi connectivity index (χ0v) is 13.0. The van der Waals surface area contributed by atoms with Crippen molar-refractivity contribution in [1.82, 2.24) is 4.31 Å². The van der Waals surface area contributed by atoms with Gasteiger partial charge in [-0.05, 0) is 46.8 Å². The van der Waals surface area contributed by atoms with Gasteiger partial charge in [-0.3, -0.25) is 0 Å². The number of terminal acetylenes is 1. The van der Waals surface area contributed by atoms with Crippen LogP contribution in [0.25, 0.3) is 0 Å². The highest BCUT2D eigenvalue weighted by Crippen LogP contribution is 2.34. The number of hydrogen-bond acceptors (Lipinski definition) is 3. The third-order valence-corrected chi connectivity index (χ3v) is 5.87. The highest BCUT2D eigenvalue weighted by molar-refractivity contribution is 9.10. The maximum Gasteiger partial charge on any atom is 0.245 e. The molecule has 0 saturated heterocycles. The van der Waals surface area contributed by atoms with E-state index in [1.165, 1.54) is 4.31 Å². The van der Waals surface area contributed by atoms with E-state index in [2.05, 4.69) is 21.9 Å². The Bertz CT molecular complexity index is 666. The van der Waals surface area contributed by atoms with E-state index in [9.17, 15) is 12.8 Å². The third kappa shape index (κ3) is 3.14. The van der Waals surface area contributed by atoms with Gasteiger partial charge in [0.25, 0.3) is 0 Å². The van der Waals surface area contributed by atoms with Gasteiger partial charge in [0.1, 0.15) is 5.82 Å². The Labute approximate surface area is 126 Å². The van der Waals surface area contributed by atoms with Crippen molar-refractivity contribution in [1.29, 1.82) is 0 Å². The molecular weight excluding hydrogens is 347 g/mol. The molecular formula is C13H14BrFN2O2S. The lowest BCUT2D eigenvalue weighted by Crippen LogP contribution is -2.33. The predicted molar refractivity (Wildman–Crippen MR) is 78.8 cm³/mol. The number of nitrogens with two attached hydrogens (primary N) is 1. The van der Waals surface area contributed by atoms with Gasteiger partial charge >= 0.3 is 0 Å². The molecule has 0 aromatic heterocycles. The number of rotatable bonds is 5. The molecule has 1 aromatic rings. The standard InChI is InChI=1S/C13H14BrFN2O2S/c1-2-5-17(8-9-3-4-9)20(18,19)13-7-12(16)11(15)6-10(13)14/h1,6-7,9H,3-5,8,16H2. The molecule has 0 unspecified atom stereocenters. The van der Waals surface area contributed by atoms with Crippen molar-refractivity contribution in [2.75, 3.05) is 18.8 Å². The van der Waals surface area contributed by atoms with Gasteiger partial charge in [-0.15, -0.1) is 6.42 Å². The Morgan fingerprint density at radius 3 is 2.70 bits per heavy atom. The largest absolute Gasteiger partial charge is 0.396 e. The van der Waals surface area contributed by atoms with E-state index in [1.807, 2.05) is 0 Å². The molecule has 4 nitrogen and oxygen atoms in total. The lowest BCUT2D eigenvalue weighted by molar-refractivity contribution is 0.429. The number of hydrogen-bond donors (Lipinski definition) is 1. The van der Waals surface area contributed by atoms with Crippen LogP contribution in [0.4, 0.5) is 10.1 Å². The molecule has 1 fully saturated rings. The van der Waals surface area contributed by atoms with Gasteiger partial charge in [0.2, 0.25) is 10.0 Å². The number of nitrogen functional groups attached to an aromatic ring is 1. The average molecular weight is 361 g/mol. The first-order valence-electron chi connectivity index (χ1n) is 6.04. The molecule has 0 aliphatic heterocycles. The van der Waals surface area contributed by atoms with Crippen LogP contribution in [0, 0.1) is 24.1 Å². The average Bonchev–Trinajstić information content (AvgIpc) is 3.17. The Hall–Kier alpha value is -1.10. The SMILES string of the molecule is C#CCN(CC1CC1)S(=O)(=O)c1cc(N)c(F)cc1Br. The minimum atomic E-state index is -3.79. The molecule has 0 amide bonds. The predicted octanol–water partition coefficient (Wildman–Crippen LogP) is 2.20. The molecule has 1 aromatic carbocycles. The van der Waals surface area contributed by atoms with Crippen molar-refractivity contribution in [2.45, 2.75) is 17.7 Å². The summed E-state index contributed by atoms with van der Waals surface area (Å²) in [7, 11) is -3.79. The van der Waals surface area contributed by atoms with Gasteiger partial charge < -0.3 is 5.73 Å². The van der Waals surface area contributed by atoms with Gasteiger partial charge in [-0.1, -0.05) is 5.92 Å². The fourth-order valence-electron chi connectivity index (χ4n) is 1.82. The van der Waals surface area contributed by atoms with Crippen LogP contribution in [0.15, 0.2) is 21.5 Å². The Morgan fingerprint density at radius 1 is 1.50 bits per heavy atom. The molecule has 108 valence electrons. The Morgan fingerprint density at radius 2 is 2.15 bits per heavy atom. The molecule has 20 heavy (non-hydrogen) atoms. The van der Waals surface area contributed by atoms with Crippen molar-refractivity contribution in [2.24, 2.45) is 5.92 Å². The summed E-state index contributed by atoms with van der Waals surface area (Å²) in [5.74, 6) is 2.04. The fourth-order valence-corrected chi connectivity index (χ4v) is 4.26. The summed E-state index contributed by atoms with van der Waals surface area (Å²) in [4.78, 5) is -0.0627. The van der Waals surface area contributed by atoms with Crippen molar-refractivity contribution in [3.05, 3.63) is 22.4 Å². The van der Waals surface area contributed by atoms with Crippen LogP contribution >= 0.6 is 15.9 Å². The number of nitrogens with zero attached hydrogens (tertiary/aromatic N) is 1. The monoisotopic (exact) mass is 360 g/mol. The van der Waals surface area contributed by atoms with Crippen LogP contribution in [-0.4, -0.2) is 25.8 Å². The minimum Gasteiger partial charge on any atom is -0.396 e. The first-order chi connectivity index (χ1) is 9.36. The smallest absolute Gasteiger partial charge is 0.245 e. The van der Waals surface area contributed by atoms with Gasteiger partial charge in [0, 0.05) is 11.0 Å². The maximum atomic E-state index is 13.3. The van der Waals surface area contributed by atoms with Gasteiger partial charge in [-0.2, -0.15) is 4.31 Å². The minimum absolute atomic E-state index is 0.0114. The summed E-state index contributed by atoms with van der Waals surface area (Å²) >= 11 is 3.07. The van der Waals surface area contributed by atoms with Crippen LogP contribution in [-0.2, 0) is 10.0 Å². The lowest BCUT2D eigenvalue weighted by Gasteiger charge is -2.20. The zero-order chi connectivity index (χ0) is 14.9. The summed E-state index contributed by atoms with van der Waals surface area (Å²) in [6.07, 6.45) is 7.25. The number of sulfonamides is 1. The van der Waals surface area contributed by atoms with E-state index in [1.54, 1.807) is 0 Å². The summed E-state index contributed by atoms with van der Waals surface area (Å²) in [6, 6.07) is 2.17. The number of benzene rings is 1. The first-order valence-corrected chi connectivity index (χ1v) is 8.27. The van der Waals surface area contributed by atoms with E-state index in [4.69, 9.17) is 12.2 Å². The molecule has 7 heteroatoms. The second kappa shape index (κ2) is 5.72. The molecule has 0 atom stereocenters. The molecule has 0 radical (unpaired) electrons. The Kier molecular flexibility index (Phi) is 4.37. The molecule has 2 N–H and O–H groups in total. The highest BCUT2D eigenvalue weighted by Gasteiger charge is 2.32. The van der Waals surface area contributed by atoms with E-state index < -0.39 is 15.8 Å². The van der Waals surface area contributed by atoms with E-state index in [-0.39, 0.29) is 21.6 Å². The van der Waals surface area contributed by atoms with Crippen molar-refractivity contribution in [3.8, 4) is 12.3 Å². The lowest BCUT2D eigenvalue weighted by atomic mass is 10.3. The summed E-state index contributed by atoms with van der Waals surface area (Å²) in [6.45, 7) is 0.374. The van der Waals surface area contributed by atoms with Crippen molar-refractivity contribution in [3.63, 3.8) is 0 Å². The molecule has 1 aliphatic carbocycles. The van der Waals surface area contributed by atoms with E-state index in [0.29, 0.717) is 12.5 Å². The van der Waals surface area contributed by atoms with Crippen LogP contribution in [0.1, 0.15) is 12.8 Å². The van der Waals surface area contributed by atoms with E-state index >= 15 is 0 Å². The molecule has 0 bridgehead atoms. The van der Waals surface area contributed by atoms with Crippen molar-refractivity contribution < 1.29 is 12.8 Å². The zero-order valence-electron chi connectivity index (χ0n) is 10.6. The normalized spacial score (nSPS) is 15.3. The molecule has 2 rings (SSSR count). The second-order valence-corrected chi connectivity index (χ2v) is 7.51. The Balaban J connectivity index is 2.41. The first kappa shape index (κ1) is 15.3. The number of anilines is 1. The quantitative estimate of drug-likeness (QED) is 0.646. The van der Waals surface area contributed by atoms with Gasteiger partial charge in [0.05, 0.1) is 17.1 Å². The topological polar surface area (TPSA) is 63.4 Å². The highest BCUT2D eigenvalue weighted by atomic mass is 79.9.